The Morgan fingerprint density at radius 1 is 0.950 bits per heavy atom. The molecule has 11 nitrogen and oxygen atoms in total. The summed E-state index contributed by atoms with van der Waals surface area (Å²) in [5, 5.41) is 30.3. The molecule has 3 amide bonds. The average molecular weight is 596 g/mol. The number of hydrogen-bond acceptors (Lipinski definition) is 8. The molecule has 0 spiro atoms. The summed E-state index contributed by atoms with van der Waals surface area (Å²) in [5.41, 5.74) is 2.36. The molecule has 1 saturated carbocycles. The SMILES string of the molecule is Cc1ccc(NC(=O)OC[C@H]2O[C@@H](O)[C@H](NC(=O)C3CCC3)[C@@H](OC(=O)Nc3ccc(C)c(Cl)c3)[C@@H]2O)cc1Cl. The quantitative estimate of drug-likeness (QED) is 0.320. The van der Waals surface area contributed by atoms with Gasteiger partial charge in [0.2, 0.25) is 5.91 Å². The second-order valence-corrected chi connectivity index (χ2v) is 10.7. The zero-order chi connectivity index (χ0) is 29.0. The number of rotatable bonds is 7. The summed E-state index contributed by atoms with van der Waals surface area (Å²) < 4.78 is 16.1. The van der Waals surface area contributed by atoms with Gasteiger partial charge in [0, 0.05) is 27.3 Å². The molecule has 2 aliphatic rings. The summed E-state index contributed by atoms with van der Waals surface area (Å²) in [6.07, 6.45) is -5.52. The highest BCUT2D eigenvalue weighted by molar-refractivity contribution is 6.32. The molecule has 0 aromatic heterocycles. The molecular formula is C27H31Cl2N3O8. The number of hydrogen-bond donors (Lipinski definition) is 5. The van der Waals surface area contributed by atoms with Crippen LogP contribution in [0.2, 0.25) is 10.0 Å². The number of ether oxygens (including phenoxy) is 3. The fourth-order valence-electron chi connectivity index (χ4n) is 4.24. The normalized spacial score (nSPS) is 24.4. The van der Waals surface area contributed by atoms with Crippen molar-refractivity contribution >= 4 is 52.7 Å². The van der Waals surface area contributed by atoms with Crippen molar-refractivity contribution in [3.8, 4) is 0 Å². The van der Waals surface area contributed by atoms with Crippen molar-refractivity contribution in [2.45, 2.75) is 63.8 Å². The molecule has 1 aliphatic carbocycles. The van der Waals surface area contributed by atoms with Crippen LogP contribution in [0, 0.1) is 19.8 Å². The maximum Gasteiger partial charge on any atom is 0.412 e. The van der Waals surface area contributed by atoms with Crippen LogP contribution in [-0.4, -0.2) is 65.6 Å². The molecule has 0 bridgehead atoms. The van der Waals surface area contributed by atoms with Gasteiger partial charge in [0.1, 0.15) is 24.9 Å². The fraction of sp³-hybridized carbons (Fsp3) is 0.444. The Morgan fingerprint density at radius 2 is 1.52 bits per heavy atom. The number of aliphatic hydroxyl groups excluding tert-OH is 2. The number of halogens is 2. The Bertz CT molecular complexity index is 1260. The Labute approximate surface area is 241 Å². The van der Waals surface area contributed by atoms with Gasteiger partial charge in [-0.25, -0.2) is 9.59 Å². The first-order chi connectivity index (χ1) is 19.0. The molecule has 5 atom stereocenters. The first-order valence-electron chi connectivity index (χ1n) is 12.8. The molecule has 0 unspecified atom stereocenters. The number of aliphatic hydroxyl groups is 2. The van der Waals surface area contributed by atoms with Crippen LogP contribution >= 0.6 is 23.2 Å². The topological polar surface area (TPSA) is 155 Å². The lowest BCUT2D eigenvalue weighted by molar-refractivity contribution is -0.252. The summed E-state index contributed by atoms with van der Waals surface area (Å²) in [7, 11) is 0. The van der Waals surface area contributed by atoms with Crippen molar-refractivity contribution in [1.29, 1.82) is 0 Å². The van der Waals surface area contributed by atoms with E-state index in [1.165, 1.54) is 6.07 Å². The second-order valence-electron chi connectivity index (χ2n) is 9.86. The number of aryl methyl sites for hydroxylation is 2. The summed E-state index contributed by atoms with van der Waals surface area (Å²) >= 11 is 12.2. The minimum atomic E-state index is -1.67. The predicted molar refractivity (Wildman–Crippen MR) is 147 cm³/mol. The molecule has 13 heteroatoms. The highest BCUT2D eigenvalue weighted by atomic mass is 35.5. The van der Waals surface area contributed by atoms with Gasteiger partial charge < -0.3 is 29.7 Å². The van der Waals surface area contributed by atoms with Crippen LogP contribution in [0.5, 0.6) is 0 Å². The molecule has 2 aromatic rings. The number of carbonyl (C=O) groups is 3. The minimum Gasteiger partial charge on any atom is -0.446 e. The molecule has 4 rings (SSSR count). The number of anilines is 2. The van der Waals surface area contributed by atoms with Crippen molar-refractivity contribution in [3.05, 3.63) is 57.6 Å². The Morgan fingerprint density at radius 3 is 2.05 bits per heavy atom. The van der Waals surface area contributed by atoms with E-state index in [0.717, 1.165) is 17.5 Å². The number of benzene rings is 2. The van der Waals surface area contributed by atoms with E-state index in [-0.39, 0.29) is 11.8 Å². The molecule has 2 fully saturated rings. The maximum absolute atomic E-state index is 12.8. The molecule has 0 radical (unpaired) electrons. The van der Waals surface area contributed by atoms with Crippen LogP contribution in [0.3, 0.4) is 0 Å². The van der Waals surface area contributed by atoms with Gasteiger partial charge in [-0.1, -0.05) is 41.8 Å². The summed E-state index contributed by atoms with van der Waals surface area (Å²) in [4.78, 5) is 37.7. The van der Waals surface area contributed by atoms with Gasteiger partial charge in [0.05, 0.1) is 0 Å². The third-order valence-electron chi connectivity index (χ3n) is 6.94. The monoisotopic (exact) mass is 595 g/mol. The first-order valence-corrected chi connectivity index (χ1v) is 13.5. The predicted octanol–water partition coefficient (Wildman–Crippen LogP) is 4.14. The van der Waals surface area contributed by atoms with Crippen LogP contribution in [-0.2, 0) is 19.0 Å². The van der Waals surface area contributed by atoms with Gasteiger partial charge in [-0.2, -0.15) is 0 Å². The van der Waals surface area contributed by atoms with Gasteiger partial charge in [0.25, 0.3) is 0 Å². The summed E-state index contributed by atoms with van der Waals surface area (Å²) in [6, 6.07) is 8.47. The average Bonchev–Trinajstić information content (AvgIpc) is 2.86. The third-order valence-corrected chi connectivity index (χ3v) is 7.75. The molecule has 2 aromatic carbocycles. The molecule has 1 saturated heterocycles. The number of amides is 3. The molecule has 1 aliphatic heterocycles. The van der Waals surface area contributed by atoms with E-state index in [9.17, 15) is 24.6 Å². The summed E-state index contributed by atoms with van der Waals surface area (Å²) in [5.74, 6) is -0.593. The third kappa shape index (κ3) is 7.35. The van der Waals surface area contributed by atoms with E-state index in [0.29, 0.717) is 34.3 Å². The van der Waals surface area contributed by atoms with Gasteiger partial charge in [-0.05, 0) is 62.1 Å². The van der Waals surface area contributed by atoms with E-state index < -0.39 is 49.4 Å². The Kier molecular flexibility index (Phi) is 9.75. The van der Waals surface area contributed by atoms with Crippen LogP contribution < -0.4 is 16.0 Å². The molecule has 1 heterocycles. The Balaban J connectivity index is 1.43. The zero-order valence-electron chi connectivity index (χ0n) is 21.9. The fourth-order valence-corrected chi connectivity index (χ4v) is 4.60. The van der Waals surface area contributed by atoms with E-state index in [1.54, 1.807) is 37.3 Å². The van der Waals surface area contributed by atoms with Gasteiger partial charge in [-0.3, -0.25) is 15.4 Å². The lowest BCUT2D eigenvalue weighted by Crippen LogP contribution is -2.66. The van der Waals surface area contributed by atoms with E-state index in [1.807, 2.05) is 6.92 Å². The van der Waals surface area contributed by atoms with Crippen LogP contribution in [0.15, 0.2) is 36.4 Å². The zero-order valence-corrected chi connectivity index (χ0v) is 23.4. The van der Waals surface area contributed by atoms with E-state index in [4.69, 9.17) is 37.4 Å². The van der Waals surface area contributed by atoms with Gasteiger partial charge in [0.15, 0.2) is 12.4 Å². The molecule has 40 heavy (non-hydrogen) atoms. The number of nitrogens with one attached hydrogen (secondary N) is 3. The maximum atomic E-state index is 12.8. The van der Waals surface area contributed by atoms with Crippen molar-refractivity contribution in [2.24, 2.45) is 5.92 Å². The van der Waals surface area contributed by atoms with Crippen LogP contribution in [0.25, 0.3) is 0 Å². The van der Waals surface area contributed by atoms with Crippen LogP contribution in [0.1, 0.15) is 30.4 Å². The number of carbonyl (C=O) groups excluding carboxylic acids is 3. The highest BCUT2D eigenvalue weighted by Crippen LogP contribution is 2.29. The van der Waals surface area contributed by atoms with Crippen molar-refractivity contribution in [1.82, 2.24) is 5.32 Å². The largest absolute Gasteiger partial charge is 0.446 e. The van der Waals surface area contributed by atoms with Crippen molar-refractivity contribution < 1.29 is 38.8 Å². The van der Waals surface area contributed by atoms with Crippen molar-refractivity contribution in [3.63, 3.8) is 0 Å². The molecular weight excluding hydrogens is 565 g/mol. The lowest BCUT2D eigenvalue weighted by Gasteiger charge is -2.42. The smallest absolute Gasteiger partial charge is 0.412 e. The lowest BCUT2D eigenvalue weighted by atomic mass is 9.84. The molecule has 5 N–H and O–H groups in total. The second kappa shape index (κ2) is 13.0. The van der Waals surface area contributed by atoms with Crippen LogP contribution in [0.4, 0.5) is 21.0 Å². The van der Waals surface area contributed by atoms with Crippen molar-refractivity contribution in [2.75, 3.05) is 17.2 Å². The summed E-state index contributed by atoms with van der Waals surface area (Å²) in [6.45, 7) is 3.12. The Hall–Kier alpha value is -3.09. The van der Waals surface area contributed by atoms with Gasteiger partial charge in [-0.15, -0.1) is 0 Å². The minimum absolute atomic E-state index is 0.242. The first kappa shape index (κ1) is 29.9. The highest BCUT2D eigenvalue weighted by Gasteiger charge is 2.49. The van der Waals surface area contributed by atoms with E-state index in [2.05, 4.69) is 16.0 Å². The van der Waals surface area contributed by atoms with Gasteiger partial charge >= 0.3 is 12.2 Å². The molecule has 216 valence electrons. The van der Waals surface area contributed by atoms with E-state index >= 15 is 0 Å². The standard InChI is InChI=1S/C27H31Cl2N3O8/c1-13-6-8-16(10-18(13)28)30-26(36)38-12-20-22(33)23(21(25(35)39-20)32-24(34)15-4-3-5-15)40-27(37)31-17-9-7-14(2)19(29)11-17/h6-11,15,20-23,25,33,35H,3-5,12H2,1-2H3,(H,30,36)(H,31,37)(H,32,34)/t20-,21-,22-,23-,25-/m1/s1.